The van der Waals surface area contributed by atoms with Crippen LogP contribution < -0.4 is 10.8 Å². The van der Waals surface area contributed by atoms with Gasteiger partial charge in [-0.05, 0) is 48.5 Å². The number of halogens is 1. The Morgan fingerprint density at radius 3 is 1.90 bits per heavy atom. The molecule has 0 unspecified atom stereocenters. The van der Waals surface area contributed by atoms with Crippen LogP contribution in [0, 0.1) is 5.82 Å². The third kappa shape index (κ3) is 3.18. The first kappa shape index (κ1) is 13.7. The molecule has 0 radical (unpaired) electrons. The van der Waals surface area contributed by atoms with Gasteiger partial charge in [0, 0.05) is 16.8 Å². The van der Waals surface area contributed by atoms with Gasteiger partial charge >= 0.3 is 0 Å². The number of carbonyl (C=O) groups is 2. The van der Waals surface area contributed by atoms with Crippen LogP contribution in [-0.4, -0.2) is 17.0 Å². The molecule has 6 heteroatoms. The highest BCUT2D eigenvalue weighted by Crippen LogP contribution is 2.12. The maximum Gasteiger partial charge on any atom is 0.274 e. The van der Waals surface area contributed by atoms with Crippen molar-refractivity contribution in [2.24, 2.45) is 0 Å². The first-order valence-electron chi connectivity index (χ1n) is 5.71. The molecular weight excluding hydrogens is 263 g/mol. The van der Waals surface area contributed by atoms with Crippen molar-refractivity contribution in [3.05, 3.63) is 65.5 Å². The molecule has 2 rings (SSSR count). The van der Waals surface area contributed by atoms with E-state index in [0.29, 0.717) is 11.3 Å². The van der Waals surface area contributed by atoms with Gasteiger partial charge in [0.25, 0.3) is 11.8 Å². The highest BCUT2D eigenvalue weighted by molar-refractivity contribution is 6.04. The molecule has 2 aromatic carbocycles. The van der Waals surface area contributed by atoms with E-state index in [-0.39, 0.29) is 11.5 Å². The molecule has 3 N–H and O–H groups in total. The van der Waals surface area contributed by atoms with E-state index in [1.807, 2.05) is 0 Å². The van der Waals surface area contributed by atoms with Crippen LogP contribution in [0.2, 0.25) is 0 Å². The van der Waals surface area contributed by atoms with Gasteiger partial charge in [0.1, 0.15) is 5.82 Å². The molecule has 5 nitrogen and oxygen atoms in total. The normalized spacial score (nSPS) is 9.90. The minimum absolute atomic E-state index is 0.257. The van der Waals surface area contributed by atoms with E-state index in [9.17, 15) is 14.0 Å². The number of benzene rings is 2. The minimum atomic E-state index is -0.638. The molecule has 2 amide bonds. The molecule has 0 atom stereocenters. The zero-order valence-electron chi connectivity index (χ0n) is 10.3. The van der Waals surface area contributed by atoms with Crippen LogP contribution in [0.25, 0.3) is 0 Å². The van der Waals surface area contributed by atoms with Gasteiger partial charge in [0.05, 0.1) is 0 Å². The van der Waals surface area contributed by atoms with Crippen LogP contribution in [0.1, 0.15) is 20.7 Å². The van der Waals surface area contributed by atoms with E-state index in [1.54, 1.807) is 0 Å². The van der Waals surface area contributed by atoms with E-state index in [2.05, 4.69) is 5.32 Å². The highest BCUT2D eigenvalue weighted by Gasteiger charge is 2.07. The summed E-state index contributed by atoms with van der Waals surface area (Å²) < 4.78 is 12.7. The lowest BCUT2D eigenvalue weighted by Crippen LogP contribution is -2.18. The smallest absolute Gasteiger partial charge is 0.274 e. The molecule has 0 aromatic heterocycles. The Balaban J connectivity index is 2.08. The predicted octanol–water partition coefficient (Wildman–Crippen LogP) is 2.20. The average molecular weight is 274 g/mol. The molecule has 102 valence electrons. The van der Waals surface area contributed by atoms with Crippen molar-refractivity contribution in [1.82, 2.24) is 5.48 Å². The molecule has 20 heavy (non-hydrogen) atoms. The Labute approximate surface area is 114 Å². The van der Waals surface area contributed by atoms with Crippen LogP contribution >= 0.6 is 0 Å². The fourth-order valence-corrected chi connectivity index (χ4v) is 1.57. The average Bonchev–Trinajstić information content (AvgIpc) is 2.48. The zero-order valence-corrected chi connectivity index (χ0v) is 10.3. The Morgan fingerprint density at radius 2 is 1.35 bits per heavy atom. The van der Waals surface area contributed by atoms with Crippen molar-refractivity contribution in [3.8, 4) is 0 Å². The monoisotopic (exact) mass is 274 g/mol. The number of anilines is 1. The van der Waals surface area contributed by atoms with E-state index >= 15 is 0 Å². The van der Waals surface area contributed by atoms with Crippen molar-refractivity contribution < 1.29 is 19.2 Å². The number of carbonyl (C=O) groups excluding carboxylic acids is 2. The molecular formula is C14H11FN2O3. The van der Waals surface area contributed by atoms with Gasteiger partial charge in [-0.25, -0.2) is 9.87 Å². The summed E-state index contributed by atoms with van der Waals surface area (Å²) in [5.41, 5.74) is 2.57. The van der Waals surface area contributed by atoms with Gasteiger partial charge in [0.15, 0.2) is 0 Å². The van der Waals surface area contributed by atoms with Crippen molar-refractivity contribution >= 4 is 17.5 Å². The van der Waals surface area contributed by atoms with E-state index in [1.165, 1.54) is 54.0 Å². The quantitative estimate of drug-likeness (QED) is 0.593. The Hall–Kier alpha value is -2.73. The summed E-state index contributed by atoms with van der Waals surface area (Å²) in [7, 11) is 0. The third-order valence-corrected chi connectivity index (χ3v) is 2.61. The summed E-state index contributed by atoms with van der Waals surface area (Å²) >= 11 is 0. The second-order valence-electron chi connectivity index (χ2n) is 3.98. The fourth-order valence-electron chi connectivity index (χ4n) is 1.57. The summed E-state index contributed by atoms with van der Waals surface area (Å²) in [6, 6.07) is 11.1. The number of hydroxylamine groups is 1. The third-order valence-electron chi connectivity index (χ3n) is 2.61. The minimum Gasteiger partial charge on any atom is -0.322 e. The van der Waals surface area contributed by atoms with Crippen LogP contribution in [0.5, 0.6) is 0 Å². The van der Waals surface area contributed by atoms with Gasteiger partial charge in [-0.3, -0.25) is 14.8 Å². The lowest BCUT2D eigenvalue weighted by molar-refractivity contribution is 0.0706. The molecule has 2 aromatic rings. The van der Waals surface area contributed by atoms with Crippen LogP contribution in [-0.2, 0) is 0 Å². The van der Waals surface area contributed by atoms with E-state index in [4.69, 9.17) is 5.21 Å². The van der Waals surface area contributed by atoms with Gasteiger partial charge in [-0.1, -0.05) is 0 Å². The summed E-state index contributed by atoms with van der Waals surface area (Å²) in [6.45, 7) is 0. The van der Waals surface area contributed by atoms with Crippen LogP contribution in [0.15, 0.2) is 48.5 Å². The van der Waals surface area contributed by atoms with E-state index < -0.39 is 11.7 Å². The lowest BCUT2D eigenvalue weighted by atomic mass is 10.1. The molecule has 0 saturated carbocycles. The SMILES string of the molecule is O=C(NO)c1ccc(NC(=O)c2ccc(F)cc2)cc1. The van der Waals surface area contributed by atoms with Gasteiger partial charge in [0.2, 0.25) is 0 Å². The largest absolute Gasteiger partial charge is 0.322 e. The summed E-state index contributed by atoms with van der Waals surface area (Å²) in [5, 5.41) is 11.1. The summed E-state index contributed by atoms with van der Waals surface area (Å²) in [6.07, 6.45) is 0. The van der Waals surface area contributed by atoms with E-state index in [0.717, 1.165) is 0 Å². The standard InChI is InChI=1S/C14H11FN2O3/c15-11-5-1-9(2-6-11)13(18)16-12-7-3-10(4-8-12)14(19)17-20/h1-8,20H,(H,16,18)(H,17,19). The fraction of sp³-hybridized carbons (Fsp3) is 0. The lowest BCUT2D eigenvalue weighted by Gasteiger charge is -2.06. The van der Waals surface area contributed by atoms with Crippen molar-refractivity contribution in [1.29, 1.82) is 0 Å². The number of hydrogen-bond acceptors (Lipinski definition) is 3. The van der Waals surface area contributed by atoms with Crippen LogP contribution in [0.3, 0.4) is 0 Å². The Morgan fingerprint density at radius 1 is 0.850 bits per heavy atom. The molecule has 0 aliphatic rings. The molecule has 0 fully saturated rings. The first-order chi connectivity index (χ1) is 9.60. The number of nitrogens with one attached hydrogen (secondary N) is 2. The molecule has 0 spiro atoms. The number of hydrogen-bond donors (Lipinski definition) is 3. The molecule has 0 saturated heterocycles. The summed E-state index contributed by atoms with van der Waals surface area (Å²) in [5.74, 6) is -1.44. The van der Waals surface area contributed by atoms with Crippen molar-refractivity contribution in [2.45, 2.75) is 0 Å². The second kappa shape index (κ2) is 5.94. The van der Waals surface area contributed by atoms with Gasteiger partial charge in [-0.15, -0.1) is 0 Å². The molecule has 0 bridgehead atoms. The second-order valence-corrected chi connectivity index (χ2v) is 3.98. The highest BCUT2D eigenvalue weighted by atomic mass is 19.1. The maximum atomic E-state index is 12.7. The molecule has 0 aliphatic carbocycles. The Kier molecular flexibility index (Phi) is 4.07. The maximum absolute atomic E-state index is 12.7. The van der Waals surface area contributed by atoms with Gasteiger partial charge in [-0.2, -0.15) is 0 Å². The first-order valence-corrected chi connectivity index (χ1v) is 5.71. The van der Waals surface area contributed by atoms with Crippen molar-refractivity contribution in [3.63, 3.8) is 0 Å². The van der Waals surface area contributed by atoms with Gasteiger partial charge < -0.3 is 5.32 Å². The molecule has 0 aliphatic heterocycles. The summed E-state index contributed by atoms with van der Waals surface area (Å²) in [4.78, 5) is 23.0. The topological polar surface area (TPSA) is 78.4 Å². The molecule has 0 heterocycles. The predicted molar refractivity (Wildman–Crippen MR) is 70.0 cm³/mol. The van der Waals surface area contributed by atoms with Crippen molar-refractivity contribution in [2.75, 3.05) is 5.32 Å². The Bertz CT molecular complexity index is 624. The number of amides is 2. The van der Waals surface area contributed by atoms with Crippen LogP contribution in [0.4, 0.5) is 10.1 Å². The number of rotatable bonds is 3. The zero-order chi connectivity index (χ0) is 14.5.